The van der Waals surface area contributed by atoms with Crippen molar-refractivity contribution in [1.82, 2.24) is 4.90 Å². The first-order chi connectivity index (χ1) is 14.3. The molecule has 0 aliphatic rings. The van der Waals surface area contributed by atoms with Crippen LogP contribution in [-0.4, -0.2) is 57.1 Å². The highest BCUT2D eigenvalue weighted by Gasteiger charge is 2.39. The summed E-state index contributed by atoms with van der Waals surface area (Å²) in [6, 6.07) is 12.1. The third-order valence-corrected chi connectivity index (χ3v) is 5.17. The fourth-order valence-corrected chi connectivity index (χ4v) is 3.32. The Kier molecular flexibility index (Phi) is 7.52. The second-order valence-corrected chi connectivity index (χ2v) is 6.58. The van der Waals surface area contributed by atoms with E-state index in [1.807, 2.05) is 37.3 Å². The molecule has 0 bridgehead atoms. The molecule has 0 heterocycles. The average molecular weight is 417 g/mol. The van der Waals surface area contributed by atoms with Crippen molar-refractivity contribution in [3.8, 4) is 17.2 Å². The van der Waals surface area contributed by atoms with Crippen LogP contribution >= 0.6 is 0 Å². The maximum atomic E-state index is 12.8. The Morgan fingerprint density at radius 3 is 2.00 bits per heavy atom. The lowest BCUT2D eigenvalue weighted by Gasteiger charge is -2.39. The molecule has 0 fully saturated rings. The van der Waals surface area contributed by atoms with Crippen LogP contribution in [-0.2, 0) is 10.3 Å². The quantitative estimate of drug-likeness (QED) is 0.621. The topological polar surface area (TPSA) is 94.5 Å². The molecule has 0 aliphatic carbocycles. The van der Waals surface area contributed by atoms with Crippen molar-refractivity contribution in [2.45, 2.75) is 18.9 Å². The molecule has 0 aliphatic heterocycles. The molecule has 0 saturated heterocycles. The smallest absolute Gasteiger partial charge is 0.407 e. The lowest BCUT2D eigenvalue weighted by Crippen LogP contribution is -2.50. The molecule has 1 atom stereocenters. The Labute approximate surface area is 175 Å². The summed E-state index contributed by atoms with van der Waals surface area (Å²) < 4.78 is 21.4. The molecule has 8 heteroatoms. The van der Waals surface area contributed by atoms with Gasteiger partial charge in [-0.05, 0) is 24.1 Å². The molecular weight excluding hydrogens is 390 g/mol. The highest BCUT2D eigenvalue weighted by Crippen LogP contribution is 2.39. The van der Waals surface area contributed by atoms with Gasteiger partial charge in [-0.15, -0.1) is 0 Å². The number of hydrogen-bond donors (Lipinski definition) is 1. The summed E-state index contributed by atoms with van der Waals surface area (Å²) in [5, 5.41) is 9.63. The number of hydrogen-bond acceptors (Lipinski definition) is 6. The summed E-state index contributed by atoms with van der Waals surface area (Å²) in [6.45, 7) is 1.69. The monoisotopic (exact) mass is 417 g/mol. The number of amides is 1. The lowest BCUT2D eigenvalue weighted by molar-refractivity contribution is 0.00743. The van der Waals surface area contributed by atoms with Crippen molar-refractivity contribution in [3.63, 3.8) is 0 Å². The van der Waals surface area contributed by atoms with Crippen molar-refractivity contribution < 1.29 is 33.6 Å². The SMILES string of the molecule is CC[C@@](COC(=O)c1cc(OC)c(OC)c(OC)c1)(c1ccccc1)N(C)C(=O)O. The fraction of sp³-hybridized carbons (Fsp3) is 0.364. The number of methoxy groups -OCH3 is 3. The fourth-order valence-electron chi connectivity index (χ4n) is 3.32. The van der Waals surface area contributed by atoms with Gasteiger partial charge >= 0.3 is 12.1 Å². The maximum absolute atomic E-state index is 12.8. The molecule has 0 saturated carbocycles. The summed E-state index contributed by atoms with van der Waals surface area (Å²) in [7, 11) is 5.83. The Morgan fingerprint density at radius 2 is 1.57 bits per heavy atom. The van der Waals surface area contributed by atoms with Crippen LogP contribution in [0.25, 0.3) is 0 Å². The van der Waals surface area contributed by atoms with Crippen LogP contribution < -0.4 is 14.2 Å². The van der Waals surface area contributed by atoms with Gasteiger partial charge in [-0.1, -0.05) is 37.3 Å². The number of carbonyl (C=O) groups excluding carboxylic acids is 1. The van der Waals surface area contributed by atoms with E-state index in [4.69, 9.17) is 18.9 Å². The number of rotatable bonds is 9. The number of likely N-dealkylation sites (N-methyl/N-ethyl adjacent to an activating group) is 1. The van der Waals surface area contributed by atoms with Gasteiger partial charge in [0.25, 0.3) is 0 Å². The first-order valence-electron chi connectivity index (χ1n) is 9.34. The van der Waals surface area contributed by atoms with E-state index in [-0.39, 0.29) is 12.2 Å². The predicted molar refractivity (Wildman–Crippen MR) is 111 cm³/mol. The molecular formula is C22H27NO7. The number of ether oxygens (including phenoxy) is 4. The van der Waals surface area contributed by atoms with Crippen molar-refractivity contribution in [2.75, 3.05) is 35.0 Å². The Hall–Kier alpha value is -3.42. The van der Waals surface area contributed by atoms with Gasteiger partial charge in [0.05, 0.1) is 26.9 Å². The Morgan fingerprint density at radius 1 is 1.00 bits per heavy atom. The van der Waals surface area contributed by atoms with Crippen LogP contribution in [0.15, 0.2) is 42.5 Å². The molecule has 0 radical (unpaired) electrons. The van der Waals surface area contributed by atoms with Crippen LogP contribution in [0.1, 0.15) is 29.3 Å². The van der Waals surface area contributed by atoms with Crippen LogP contribution in [0.4, 0.5) is 4.79 Å². The molecule has 2 rings (SSSR count). The van der Waals surface area contributed by atoms with E-state index in [0.717, 1.165) is 5.56 Å². The lowest BCUT2D eigenvalue weighted by atomic mass is 9.86. The van der Waals surface area contributed by atoms with Gasteiger partial charge in [-0.2, -0.15) is 0 Å². The first-order valence-corrected chi connectivity index (χ1v) is 9.34. The molecule has 1 amide bonds. The number of carboxylic acid groups (broad SMARTS) is 1. The van der Waals surface area contributed by atoms with E-state index in [0.29, 0.717) is 23.7 Å². The molecule has 0 aromatic heterocycles. The third-order valence-electron chi connectivity index (χ3n) is 5.17. The van der Waals surface area contributed by atoms with E-state index < -0.39 is 17.6 Å². The highest BCUT2D eigenvalue weighted by atomic mass is 16.5. The van der Waals surface area contributed by atoms with Crippen molar-refractivity contribution in [2.24, 2.45) is 0 Å². The van der Waals surface area contributed by atoms with Gasteiger partial charge in [0.2, 0.25) is 5.75 Å². The molecule has 1 N–H and O–H groups in total. The largest absolute Gasteiger partial charge is 0.493 e. The van der Waals surface area contributed by atoms with E-state index in [9.17, 15) is 14.7 Å². The van der Waals surface area contributed by atoms with Crippen molar-refractivity contribution in [3.05, 3.63) is 53.6 Å². The molecule has 8 nitrogen and oxygen atoms in total. The minimum absolute atomic E-state index is 0.161. The van der Waals surface area contributed by atoms with Gasteiger partial charge in [0.1, 0.15) is 12.1 Å². The summed E-state index contributed by atoms with van der Waals surface area (Å²) >= 11 is 0. The Balaban J connectivity index is 2.38. The highest BCUT2D eigenvalue weighted by molar-refractivity contribution is 5.91. The normalized spacial score (nSPS) is 12.4. The first kappa shape index (κ1) is 22.9. The molecule has 0 spiro atoms. The summed E-state index contributed by atoms with van der Waals surface area (Å²) in [4.78, 5) is 25.8. The van der Waals surface area contributed by atoms with E-state index in [1.54, 1.807) is 0 Å². The number of benzene rings is 2. The van der Waals surface area contributed by atoms with Crippen LogP contribution in [0, 0.1) is 0 Å². The van der Waals surface area contributed by atoms with Crippen molar-refractivity contribution >= 4 is 12.1 Å². The standard InChI is InChI=1S/C22H27NO7/c1-6-22(23(2)21(25)26,16-10-8-7-9-11-16)14-30-20(24)15-12-17(27-3)19(29-5)18(13-15)28-4/h7-13H,6,14H2,1-5H3,(H,25,26)/t22-/m1/s1. The van der Waals surface area contributed by atoms with Gasteiger partial charge in [-0.3, -0.25) is 4.90 Å². The summed E-state index contributed by atoms with van der Waals surface area (Å²) in [6.07, 6.45) is -0.716. The summed E-state index contributed by atoms with van der Waals surface area (Å²) in [5.74, 6) is 0.351. The number of nitrogens with zero attached hydrogens (tertiary/aromatic N) is 1. The zero-order valence-corrected chi connectivity index (χ0v) is 17.8. The second-order valence-electron chi connectivity index (χ2n) is 6.58. The number of carbonyl (C=O) groups is 2. The van der Waals surface area contributed by atoms with Gasteiger partial charge in [-0.25, -0.2) is 9.59 Å². The van der Waals surface area contributed by atoms with Gasteiger partial charge in [0, 0.05) is 7.05 Å². The molecule has 30 heavy (non-hydrogen) atoms. The zero-order chi connectivity index (χ0) is 22.3. The van der Waals surface area contributed by atoms with Crippen LogP contribution in [0.3, 0.4) is 0 Å². The van der Waals surface area contributed by atoms with Crippen LogP contribution in [0.2, 0.25) is 0 Å². The maximum Gasteiger partial charge on any atom is 0.407 e. The van der Waals surface area contributed by atoms with E-state index >= 15 is 0 Å². The predicted octanol–water partition coefficient (Wildman–Crippen LogP) is 3.78. The molecule has 162 valence electrons. The minimum atomic E-state index is -1.12. The molecule has 0 unspecified atom stereocenters. The summed E-state index contributed by atoms with van der Waals surface area (Å²) in [5.41, 5.74) is -0.112. The van der Waals surface area contributed by atoms with Crippen LogP contribution in [0.5, 0.6) is 17.2 Å². The third kappa shape index (κ3) is 4.42. The van der Waals surface area contributed by atoms with Gasteiger partial charge < -0.3 is 24.1 Å². The molecule has 2 aromatic rings. The van der Waals surface area contributed by atoms with E-state index in [2.05, 4.69) is 0 Å². The zero-order valence-electron chi connectivity index (χ0n) is 17.8. The Bertz CT molecular complexity index is 859. The average Bonchev–Trinajstić information content (AvgIpc) is 2.78. The van der Waals surface area contributed by atoms with E-state index in [1.165, 1.54) is 45.4 Å². The molecule has 2 aromatic carbocycles. The minimum Gasteiger partial charge on any atom is -0.493 e. The van der Waals surface area contributed by atoms with Gasteiger partial charge in [0.15, 0.2) is 11.5 Å². The van der Waals surface area contributed by atoms with Crippen molar-refractivity contribution in [1.29, 1.82) is 0 Å². The number of esters is 1. The second kappa shape index (κ2) is 9.87.